The second-order valence-corrected chi connectivity index (χ2v) is 5.07. The summed E-state index contributed by atoms with van der Waals surface area (Å²) in [6, 6.07) is 5.76. The molecule has 0 atom stereocenters. The van der Waals surface area contributed by atoms with Crippen molar-refractivity contribution in [1.29, 1.82) is 0 Å². The quantitative estimate of drug-likeness (QED) is 0.762. The molecule has 2 aromatic heterocycles. The SMILES string of the molecule is CC(C)n1cnnc1CNC(=O)c1cccc2cn[nH]c12. The minimum Gasteiger partial charge on any atom is -0.345 e. The van der Waals surface area contributed by atoms with Gasteiger partial charge < -0.3 is 9.88 Å². The molecule has 0 unspecified atom stereocenters. The van der Waals surface area contributed by atoms with Crippen molar-refractivity contribution in [3.8, 4) is 0 Å². The monoisotopic (exact) mass is 284 g/mol. The predicted octanol–water partition coefficient (Wildman–Crippen LogP) is 1.67. The number of H-pyrrole nitrogens is 1. The number of nitrogens with zero attached hydrogens (tertiary/aromatic N) is 4. The van der Waals surface area contributed by atoms with Crippen LogP contribution in [-0.2, 0) is 6.54 Å². The van der Waals surface area contributed by atoms with E-state index in [1.807, 2.05) is 30.5 Å². The van der Waals surface area contributed by atoms with Crippen LogP contribution in [0.25, 0.3) is 10.9 Å². The molecule has 2 N–H and O–H groups in total. The highest BCUT2D eigenvalue weighted by Gasteiger charge is 2.13. The third-order valence-corrected chi connectivity index (χ3v) is 3.33. The summed E-state index contributed by atoms with van der Waals surface area (Å²) in [6.07, 6.45) is 3.36. The van der Waals surface area contributed by atoms with E-state index >= 15 is 0 Å². The van der Waals surface area contributed by atoms with Crippen LogP contribution in [0, 0.1) is 0 Å². The second kappa shape index (κ2) is 5.35. The molecule has 7 heteroatoms. The molecule has 21 heavy (non-hydrogen) atoms. The van der Waals surface area contributed by atoms with Gasteiger partial charge in [-0.25, -0.2) is 0 Å². The maximum atomic E-state index is 12.3. The number of carbonyl (C=O) groups excluding carboxylic acids is 1. The van der Waals surface area contributed by atoms with E-state index in [9.17, 15) is 4.79 Å². The smallest absolute Gasteiger partial charge is 0.253 e. The van der Waals surface area contributed by atoms with Gasteiger partial charge in [0.15, 0.2) is 5.82 Å². The Labute approximate surface area is 121 Å². The zero-order valence-corrected chi connectivity index (χ0v) is 11.9. The van der Waals surface area contributed by atoms with Gasteiger partial charge in [-0.2, -0.15) is 5.10 Å². The first-order valence-corrected chi connectivity index (χ1v) is 6.75. The molecule has 1 amide bonds. The van der Waals surface area contributed by atoms with Crippen molar-refractivity contribution in [2.24, 2.45) is 0 Å². The summed E-state index contributed by atoms with van der Waals surface area (Å²) >= 11 is 0. The number of aromatic nitrogens is 5. The highest BCUT2D eigenvalue weighted by molar-refractivity contribution is 6.05. The van der Waals surface area contributed by atoms with E-state index in [2.05, 4.69) is 25.7 Å². The van der Waals surface area contributed by atoms with Crippen LogP contribution in [0.15, 0.2) is 30.7 Å². The molecule has 1 aromatic carbocycles. The fourth-order valence-corrected chi connectivity index (χ4v) is 2.24. The molecule has 0 bridgehead atoms. The van der Waals surface area contributed by atoms with Gasteiger partial charge in [0.1, 0.15) is 6.33 Å². The van der Waals surface area contributed by atoms with Crippen molar-refractivity contribution in [3.05, 3.63) is 42.1 Å². The van der Waals surface area contributed by atoms with Crippen LogP contribution in [0.4, 0.5) is 0 Å². The molecule has 0 aliphatic carbocycles. The summed E-state index contributed by atoms with van der Waals surface area (Å²) in [5.74, 6) is 0.568. The Hall–Kier alpha value is -2.70. The number of nitrogens with one attached hydrogen (secondary N) is 2. The fraction of sp³-hybridized carbons (Fsp3) is 0.286. The van der Waals surface area contributed by atoms with Crippen molar-refractivity contribution in [3.63, 3.8) is 0 Å². The lowest BCUT2D eigenvalue weighted by Gasteiger charge is -2.10. The lowest BCUT2D eigenvalue weighted by atomic mass is 10.1. The third-order valence-electron chi connectivity index (χ3n) is 3.33. The van der Waals surface area contributed by atoms with Crippen LogP contribution in [-0.4, -0.2) is 30.9 Å². The maximum Gasteiger partial charge on any atom is 0.253 e. The predicted molar refractivity (Wildman–Crippen MR) is 77.7 cm³/mol. The Morgan fingerprint density at radius 3 is 3.10 bits per heavy atom. The molecule has 108 valence electrons. The minimum atomic E-state index is -0.164. The molecule has 2 heterocycles. The molecular weight excluding hydrogens is 268 g/mol. The van der Waals surface area contributed by atoms with Crippen LogP contribution in [0.1, 0.15) is 36.1 Å². The Kier molecular flexibility index (Phi) is 3.39. The molecule has 0 fully saturated rings. The zero-order chi connectivity index (χ0) is 14.8. The summed E-state index contributed by atoms with van der Waals surface area (Å²) < 4.78 is 1.93. The number of rotatable bonds is 4. The van der Waals surface area contributed by atoms with E-state index < -0.39 is 0 Å². The van der Waals surface area contributed by atoms with E-state index in [0.717, 1.165) is 16.7 Å². The van der Waals surface area contributed by atoms with Gasteiger partial charge in [0.2, 0.25) is 0 Å². The van der Waals surface area contributed by atoms with Crippen molar-refractivity contribution >= 4 is 16.8 Å². The van der Waals surface area contributed by atoms with E-state index in [0.29, 0.717) is 12.1 Å². The summed E-state index contributed by atoms with van der Waals surface area (Å²) in [6.45, 7) is 4.42. The Morgan fingerprint density at radius 1 is 1.43 bits per heavy atom. The summed E-state index contributed by atoms with van der Waals surface area (Å²) in [4.78, 5) is 12.3. The van der Waals surface area contributed by atoms with E-state index in [4.69, 9.17) is 0 Å². The number of hydrogen-bond acceptors (Lipinski definition) is 4. The number of benzene rings is 1. The molecule has 0 saturated heterocycles. The first-order chi connectivity index (χ1) is 10.2. The molecule has 0 spiro atoms. The van der Waals surface area contributed by atoms with Crippen LogP contribution in [0.5, 0.6) is 0 Å². The Bertz CT molecular complexity index is 772. The molecule has 3 aromatic rings. The number of aromatic amines is 1. The average molecular weight is 284 g/mol. The number of hydrogen-bond donors (Lipinski definition) is 2. The molecule has 0 radical (unpaired) electrons. The molecular formula is C14H16N6O. The average Bonchev–Trinajstić information content (AvgIpc) is 3.12. The van der Waals surface area contributed by atoms with Gasteiger partial charge in [-0.05, 0) is 19.9 Å². The van der Waals surface area contributed by atoms with Gasteiger partial charge in [0.25, 0.3) is 5.91 Å². The number of fused-ring (bicyclic) bond motifs is 1. The van der Waals surface area contributed by atoms with E-state index in [1.165, 1.54) is 0 Å². The van der Waals surface area contributed by atoms with Gasteiger partial charge >= 0.3 is 0 Å². The van der Waals surface area contributed by atoms with E-state index in [1.54, 1.807) is 18.6 Å². The second-order valence-electron chi connectivity index (χ2n) is 5.07. The van der Waals surface area contributed by atoms with Crippen molar-refractivity contribution in [1.82, 2.24) is 30.3 Å². The van der Waals surface area contributed by atoms with Crippen LogP contribution >= 0.6 is 0 Å². The molecule has 0 saturated carbocycles. The van der Waals surface area contributed by atoms with Crippen molar-refractivity contribution < 1.29 is 4.79 Å². The summed E-state index contributed by atoms with van der Waals surface area (Å²) in [5, 5.41) is 18.5. The van der Waals surface area contributed by atoms with Gasteiger partial charge in [0.05, 0.1) is 23.8 Å². The lowest BCUT2D eigenvalue weighted by molar-refractivity contribution is 0.0950. The van der Waals surface area contributed by atoms with Gasteiger partial charge in [-0.15, -0.1) is 10.2 Å². The standard InChI is InChI=1S/C14H16N6O/c1-9(2)20-8-17-18-12(20)7-15-14(21)11-5-3-4-10-6-16-19-13(10)11/h3-6,8-9H,7H2,1-2H3,(H,15,21)(H,16,19). The molecule has 0 aliphatic rings. The highest BCUT2D eigenvalue weighted by atomic mass is 16.1. The minimum absolute atomic E-state index is 0.164. The third kappa shape index (κ3) is 2.49. The van der Waals surface area contributed by atoms with Crippen LogP contribution < -0.4 is 5.32 Å². The van der Waals surface area contributed by atoms with Crippen molar-refractivity contribution in [2.45, 2.75) is 26.4 Å². The van der Waals surface area contributed by atoms with Crippen molar-refractivity contribution in [2.75, 3.05) is 0 Å². The number of amides is 1. The normalized spacial score (nSPS) is 11.2. The van der Waals surface area contributed by atoms with Gasteiger partial charge in [0, 0.05) is 11.4 Å². The first-order valence-electron chi connectivity index (χ1n) is 6.75. The summed E-state index contributed by atoms with van der Waals surface area (Å²) in [7, 11) is 0. The molecule has 3 rings (SSSR count). The van der Waals surface area contributed by atoms with Gasteiger partial charge in [-0.3, -0.25) is 9.89 Å². The highest BCUT2D eigenvalue weighted by Crippen LogP contribution is 2.15. The van der Waals surface area contributed by atoms with Crippen LogP contribution in [0.2, 0.25) is 0 Å². The Balaban J connectivity index is 1.78. The number of carbonyl (C=O) groups is 1. The lowest BCUT2D eigenvalue weighted by Crippen LogP contribution is -2.25. The fourth-order valence-electron chi connectivity index (χ4n) is 2.24. The van der Waals surface area contributed by atoms with Gasteiger partial charge in [-0.1, -0.05) is 12.1 Å². The number of para-hydroxylation sites is 1. The topological polar surface area (TPSA) is 88.5 Å². The molecule has 0 aliphatic heterocycles. The first kappa shape index (κ1) is 13.3. The largest absolute Gasteiger partial charge is 0.345 e. The summed E-state index contributed by atoms with van der Waals surface area (Å²) in [5.41, 5.74) is 1.31. The Morgan fingerprint density at radius 2 is 2.29 bits per heavy atom. The zero-order valence-electron chi connectivity index (χ0n) is 11.9. The van der Waals surface area contributed by atoms with Crippen LogP contribution in [0.3, 0.4) is 0 Å². The van der Waals surface area contributed by atoms with E-state index in [-0.39, 0.29) is 11.9 Å². The molecule has 7 nitrogen and oxygen atoms in total. The maximum absolute atomic E-state index is 12.3.